The quantitative estimate of drug-likeness (QED) is 0.330. The van der Waals surface area contributed by atoms with Crippen LogP contribution in [0.5, 0.6) is 0 Å². The third-order valence-electron chi connectivity index (χ3n) is 6.21. The summed E-state index contributed by atoms with van der Waals surface area (Å²) in [6, 6.07) is 8.92. The highest BCUT2D eigenvalue weighted by atomic mass is 127. The molecule has 1 unspecified atom stereocenters. The van der Waals surface area contributed by atoms with Crippen molar-refractivity contribution in [1.82, 2.24) is 25.4 Å². The van der Waals surface area contributed by atoms with Gasteiger partial charge < -0.3 is 20.1 Å². The molecule has 1 saturated heterocycles. The van der Waals surface area contributed by atoms with Gasteiger partial charge in [-0.2, -0.15) is 0 Å². The van der Waals surface area contributed by atoms with Crippen molar-refractivity contribution in [3.63, 3.8) is 0 Å². The van der Waals surface area contributed by atoms with Gasteiger partial charge in [-0.05, 0) is 44.7 Å². The first-order chi connectivity index (χ1) is 14.6. The molecule has 4 rings (SSSR count). The number of aryl methyl sites for hydroxylation is 1. The van der Waals surface area contributed by atoms with Crippen molar-refractivity contribution in [2.24, 2.45) is 12.0 Å². The molecule has 2 aliphatic rings. The summed E-state index contributed by atoms with van der Waals surface area (Å²) < 4.78 is 2.00. The molecule has 31 heavy (non-hydrogen) atoms. The number of anilines is 1. The van der Waals surface area contributed by atoms with E-state index in [1.807, 2.05) is 30.7 Å². The summed E-state index contributed by atoms with van der Waals surface area (Å²) in [7, 11) is 1.99. The van der Waals surface area contributed by atoms with Gasteiger partial charge in [0.2, 0.25) is 0 Å². The van der Waals surface area contributed by atoms with E-state index in [0.29, 0.717) is 18.6 Å². The van der Waals surface area contributed by atoms with Crippen LogP contribution in [0.4, 0.5) is 5.69 Å². The van der Waals surface area contributed by atoms with Crippen LogP contribution in [0.25, 0.3) is 0 Å². The number of piperidine rings is 1. The van der Waals surface area contributed by atoms with Gasteiger partial charge in [0.15, 0.2) is 11.8 Å². The highest BCUT2D eigenvalue weighted by Gasteiger charge is 2.24. The summed E-state index contributed by atoms with van der Waals surface area (Å²) in [5.74, 6) is 2.66. The summed E-state index contributed by atoms with van der Waals surface area (Å²) in [4.78, 5) is 7.25. The van der Waals surface area contributed by atoms with Gasteiger partial charge in [-0.15, -0.1) is 34.2 Å². The molecule has 0 spiro atoms. The van der Waals surface area contributed by atoms with Gasteiger partial charge in [0, 0.05) is 32.2 Å². The van der Waals surface area contributed by atoms with E-state index in [9.17, 15) is 0 Å². The number of aromatic nitrogens is 3. The molecule has 1 aliphatic heterocycles. The van der Waals surface area contributed by atoms with E-state index in [1.165, 1.54) is 25.7 Å². The van der Waals surface area contributed by atoms with Crippen LogP contribution in [0.1, 0.15) is 50.2 Å². The third-order valence-corrected chi connectivity index (χ3v) is 6.53. The van der Waals surface area contributed by atoms with Crippen LogP contribution in [-0.2, 0) is 13.6 Å². The van der Waals surface area contributed by atoms with Crippen LogP contribution in [0.2, 0.25) is 5.02 Å². The molecule has 2 fully saturated rings. The second-order valence-corrected chi connectivity index (χ2v) is 8.80. The molecule has 2 N–H and O–H groups in total. The van der Waals surface area contributed by atoms with Crippen molar-refractivity contribution in [3.8, 4) is 0 Å². The van der Waals surface area contributed by atoms with Crippen molar-refractivity contribution in [2.45, 2.75) is 64.1 Å². The Kier molecular flexibility index (Phi) is 8.83. The van der Waals surface area contributed by atoms with Gasteiger partial charge in [-0.1, -0.05) is 36.6 Å². The fourth-order valence-corrected chi connectivity index (χ4v) is 4.61. The molecule has 1 saturated carbocycles. The van der Waals surface area contributed by atoms with Gasteiger partial charge in [-0.25, -0.2) is 4.99 Å². The Balaban J connectivity index is 0.00000272. The Bertz CT molecular complexity index is 878. The average Bonchev–Trinajstić information content (AvgIpc) is 3.37. The van der Waals surface area contributed by atoms with Gasteiger partial charge >= 0.3 is 0 Å². The highest BCUT2D eigenvalue weighted by Crippen LogP contribution is 2.27. The lowest BCUT2D eigenvalue weighted by Gasteiger charge is -2.36. The van der Waals surface area contributed by atoms with Gasteiger partial charge in [0.1, 0.15) is 12.4 Å². The van der Waals surface area contributed by atoms with Crippen molar-refractivity contribution in [1.29, 1.82) is 0 Å². The zero-order valence-electron chi connectivity index (χ0n) is 18.4. The molecule has 7 nitrogen and oxygen atoms in total. The molecular weight excluding hydrogens is 525 g/mol. The molecule has 2 aromatic rings. The summed E-state index contributed by atoms with van der Waals surface area (Å²) in [5, 5.41) is 16.6. The van der Waals surface area contributed by atoms with E-state index in [0.717, 1.165) is 54.2 Å². The second kappa shape index (κ2) is 11.4. The van der Waals surface area contributed by atoms with Crippen LogP contribution in [0, 0.1) is 6.92 Å². The number of hydrogen-bond donors (Lipinski definition) is 2. The van der Waals surface area contributed by atoms with Crippen molar-refractivity contribution < 1.29 is 0 Å². The topological polar surface area (TPSA) is 70.4 Å². The van der Waals surface area contributed by atoms with Crippen LogP contribution >= 0.6 is 35.6 Å². The standard InChI is InChI=1S/C22H32ClN7.HI/c1-16-27-28-21(29(16)2)14-24-22(25-17-8-3-4-9-17)26-18-10-7-13-30(15-18)20-12-6-5-11-19(20)23;/h5-6,11-12,17-18H,3-4,7-10,13-15H2,1-2H3,(H2,24,25,26);1H. The summed E-state index contributed by atoms with van der Waals surface area (Å²) >= 11 is 6.45. The second-order valence-electron chi connectivity index (χ2n) is 8.39. The predicted molar refractivity (Wildman–Crippen MR) is 138 cm³/mol. The Hall–Kier alpha value is -1.55. The number of para-hydroxylation sites is 1. The van der Waals surface area contributed by atoms with E-state index in [1.54, 1.807) is 0 Å². The summed E-state index contributed by atoms with van der Waals surface area (Å²) in [5.41, 5.74) is 1.11. The predicted octanol–water partition coefficient (Wildman–Crippen LogP) is 4.04. The van der Waals surface area contributed by atoms with Crippen LogP contribution < -0.4 is 15.5 Å². The van der Waals surface area contributed by atoms with Crippen molar-refractivity contribution >= 4 is 47.2 Å². The van der Waals surface area contributed by atoms with E-state index in [4.69, 9.17) is 16.6 Å². The number of guanidine groups is 1. The summed E-state index contributed by atoms with van der Waals surface area (Å²) in [6.07, 6.45) is 7.24. The average molecular weight is 558 g/mol. The minimum absolute atomic E-state index is 0. The Labute approximate surface area is 207 Å². The van der Waals surface area contributed by atoms with E-state index in [2.05, 4.69) is 37.9 Å². The fourth-order valence-electron chi connectivity index (χ4n) is 4.35. The number of rotatable bonds is 5. The number of benzene rings is 1. The maximum absolute atomic E-state index is 6.45. The molecule has 0 amide bonds. The summed E-state index contributed by atoms with van der Waals surface area (Å²) in [6.45, 7) is 4.42. The minimum Gasteiger partial charge on any atom is -0.368 e. The van der Waals surface area contributed by atoms with Crippen LogP contribution in [0.3, 0.4) is 0 Å². The lowest BCUT2D eigenvalue weighted by Crippen LogP contribution is -2.52. The molecule has 9 heteroatoms. The molecule has 1 aromatic heterocycles. The van der Waals surface area contributed by atoms with Crippen molar-refractivity contribution in [2.75, 3.05) is 18.0 Å². The monoisotopic (exact) mass is 557 g/mol. The lowest BCUT2D eigenvalue weighted by molar-refractivity contribution is 0.463. The Morgan fingerprint density at radius 3 is 2.52 bits per heavy atom. The largest absolute Gasteiger partial charge is 0.368 e. The molecule has 1 aromatic carbocycles. The minimum atomic E-state index is 0. The molecule has 1 aliphatic carbocycles. The zero-order chi connectivity index (χ0) is 20.9. The maximum atomic E-state index is 6.45. The molecule has 0 radical (unpaired) electrons. The fraction of sp³-hybridized carbons (Fsp3) is 0.591. The molecular formula is C22H33ClIN7. The number of nitrogens with one attached hydrogen (secondary N) is 2. The first kappa shape index (κ1) is 24.1. The number of aliphatic imine (C=N–C) groups is 1. The first-order valence-electron chi connectivity index (χ1n) is 11.0. The van der Waals surface area contributed by atoms with E-state index >= 15 is 0 Å². The smallest absolute Gasteiger partial charge is 0.192 e. The first-order valence-corrected chi connectivity index (χ1v) is 11.4. The molecule has 2 heterocycles. The van der Waals surface area contributed by atoms with Crippen LogP contribution in [0.15, 0.2) is 29.3 Å². The zero-order valence-corrected chi connectivity index (χ0v) is 21.4. The van der Waals surface area contributed by atoms with Gasteiger partial charge in [0.05, 0.1) is 10.7 Å². The Morgan fingerprint density at radius 1 is 1.10 bits per heavy atom. The SMILES string of the molecule is Cc1nnc(CN=C(NC2CCCC2)NC2CCCN(c3ccccc3Cl)C2)n1C.I. The Morgan fingerprint density at radius 2 is 1.81 bits per heavy atom. The molecule has 1 atom stereocenters. The van der Waals surface area contributed by atoms with Gasteiger partial charge in [0.25, 0.3) is 0 Å². The third kappa shape index (κ3) is 6.25. The molecule has 170 valence electrons. The normalized spacial score (nSPS) is 19.9. The van der Waals surface area contributed by atoms with Crippen LogP contribution in [-0.4, -0.2) is 45.9 Å². The number of nitrogens with zero attached hydrogens (tertiary/aromatic N) is 5. The number of halogens is 2. The highest BCUT2D eigenvalue weighted by molar-refractivity contribution is 14.0. The molecule has 0 bridgehead atoms. The van der Waals surface area contributed by atoms with E-state index < -0.39 is 0 Å². The van der Waals surface area contributed by atoms with Gasteiger partial charge in [-0.3, -0.25) is 0 Å². The number of hydrogen-bond acceptors (Lipinski definition) is 4. The van der Waals surface area contributed by atoms with E-state index in [-0.39, 0.29) is 24.0 Å². The van der Waals surface area contributed by atoms with Crippen molar-refractivity contribution in [3.05, 3.63) is 40.9 Å². The lowest BCUT2D eigenvalue weighted by atomic mass is 10.0. The maximum Gasteiger partial charge on any atom is 0.192 e.